The molecule has 0 aromatic heterocycles. The maximum Gasteiger partial charge on any atom is 0.135 e. The predicted octanol–water partition coefficient (Wildman–Crippen LogP) is 6.59. The molecule has 0 spiro atoms. The van der Waals surface area contributed by atoms with Gasteiger partial charge in [0, 0.05) is 4.47 Å². The first kappa shape index (κ1) is 17.0. The molecule has 0 aliphatic heterocycles. The molecule has 1 unspecified atom stereocenters. The van der Waals surface area contributed by atoms with Gasteiger partial charge in [0.25, 0.3) is 0 Å². The number of benzene rings is 1. The van der Waals surface area contributed by atoms with Crippen molar-refractivity contribution in [2.24, 2.45) is 5.92 Å². The second-order valence-corrected chi connectivity index (χ2v) is 6.75. The van der Waals surface area contributed by atoms with Gasteiger partial charge in [-0.05, 0) is 59.3 Å². The minimum atomic E-state index is 0.311. The summed E-state index contributed by atoms with van der Waals surface area (Å²) in [5.41, 5.74) is 0. The molecular formula is C16H24Br2O. The zero-order valence-corrected chi connectivity index (χ0v) is 15.3. The number of hydrogen-bond acceptors (Lipinski definition) is 1. The molecule has 0 N–H and O–H groups in total. The Morgan fingerprint density at radius 2 is 1.68 bits per heavy atom. The van der Waals surface area contributed by atoms with E-state index in [2.05, 4.69) is 52.6 Å². The van der Waals surface area contributed by atoms with Gasteiger partial charge in [-0.2, -0.15) is 0 Å². The van der Waals surface area contributed by atoms with Gasteiger partial charge in [-0.15, -0.1) is 0 Å². The Morgan fingerprint density at radius 3 is 2.26 bits per heavy atom. The Kier molecular flexibility index (Phi) is 8.08. The molecule has 0 saturated carbocycles. The van der Waals surface area contributed by atoms with E-state index in [4.69, 9.17) is 4.74 Å². The number of rotatable bonds is 8. The van der Waals surface area contributed by atoms with Crippen LogP contribution < -0.4 is 4.74 Å². The summed E-state index contributed by atoms with van der Waals surface area (Å²) in [6.45, 7) is 6.76. The lowest BCUT2D eigenvalue weighted by atomic mass is 9.95. The number of halogens is 2. The van der Waals surface area contributed by atoms with Crippen LogP contribution in [0.1, 0.15) is 52.9 Å². The van der Waals surface area contributed by atoms with E-state index in [9.17, 15) is 0 Å². The molecular weight excluding hydrogens is 368 g/mol. The second-order valence-electron chi connectivity index (χ2n) is 4.98. The summed E-state index contributed by atoms with van der Waals surface area (Å²) in [5.74, 6) is 1.77. The predicted molar refractivity (Wildman–Crippen MR) is 89.9 cm³/mol. The van der Waals surface area contributed by atoms with Gasteiger partial charge >= 0.3 is 0 Å². The van der Waals surface area contributed by atoms with Crippen molar-refractivity contribution >= 4 is 31.9 Å². The van der Waals surface area contributed by atoms with Crippen molar-refractivity contribution in [3.8, 4) is 5.75 Å². The fourth-order valence-electron chi connectivity index (χ4n) is 2.21. The van der Waals surface area contributed by atoms with Crippen molar-refractivity contribution < 1.29 is 4.74 Å². The Morgan fingerprint density at radius 1 is 1.00 bits per heavy atom. The molecule has 0 amide bonds. The first-order valence-corrected chi connectivity index (χ1v) is 8.80. The quantitative estimate of drug-likeness (QED) is 0.485. The van der Waals surface area contributed by atoms with E-state index in [1.165, 1.54) is 19.3 Å². The van der Waals surface area contributed by atoms with Crippen molar-refractivity contribution in [3.63, 3.8) is 0 Å². The summed E-state index contributed by atoms with van der Waals surface area (Å²) in [5, 5.41) is 0. The van der Waals surface area contributed by atoms with E-state index in [1.807, 2.05) is 18.2 Å². The normalized spacial score (nSPS) is 12.7. The van der Waals surface area contributed by atoms with Gasteiger partial charge in [0.15, 0.2) is 0 Å². The van der Waals surface area contributed by atoms with Crippen molar-refractivity contribution in [2.45, 2.75) is 59.0 Å². The van der Waals surface area contributed by atoms with Gasteiger partial charge in [-0.3, -0.25) is 0 Å². The summed E-state index contributed by atoms with van der Waals surface area (Å²) in [4.78, 5) is 0. The first-order chi connectivity index (χ1) is 9.10. The van der Waals surface area contributed by atoms with Crippen LogP contribution in [0.15, 0.2) is 27.1 Å². The molecule has 1 nitrogen and oxygen atoms in total. The molecule has 3 heteroatoms. The Bertz CT molecular complexity index is 375. The Hall–Kier alpha value is -0.0200. The van der Waals surface area contributed by atoms with Crippen LogP contribution in [-0.2, 0) is 0 Å². The van der Waals surface area contributed by atoms with Crippen LogP contribution in [0.25, 0.3) is 0 Å². The molecule has 0 saturated heterocycles. The minimum absolute atomic E-state index is 0.311. The van der Waals surface area contributed by atoms with Gasteiger partial charge in [0.05, 0.1) is 10.6 Å². The maximum absolute atomic E-state index is 6.14. The summed E-state index contributed by atoms with van der Waals surface area (Å²) in [6.07, 6.45) is 6.31. The Labute approximate surface area is 134 Å². The highest BCUT2D eigenvalue weighted by Crippen LogP contribution is 2.30. The number of ether oxygens (including phenoxy) is 1. The van der Waals surface area contributed by atoms with Crippen LogP contribution in [0, 0.1) is 5.92 Å². The van der Waals surface area contributed by atoms with Gasteiger partial charge in [-0.25, -0.2) is 0 Å². The molecule has 1 aromatic carbocycles. The highest BCUT2D eigenvalue weighted by atomic mass is 79.9. The third kappa shape index (κ3) is 5.86. The van der Waals surface area contributed by atoms with Crippen LogP contribution in [0.3, 0.4) is 0 Å². The van der Waals surface area contributed by atoms with Crippen molar-refractivity contribution in [2.75, 3.05) is 0 Å². The molecule has 0 radical (unpaired) electrons. The van der Waals surface area contributed by atoms with Crippen molar-refractivity contribution in [1.29, 1.82) is 0 Å². The molecule has 1 rings (SSSR count). The topological polar surface area (TPSA) is 9.23 Å². The van der Waals surface area contributed by atoms with E-state index in [1.54, 1.807) is 0 Å². The standard InChI is InChI=1S/C16H24Br2O/c1-4-12(5-2)7-9-14(6-3)19-16-11-13(17)8-10-15(16)18/h8,10-12,14H,4-7,9H2,1-3H3. The lowest BCUT2D eigenvalue weighted by Gasteiger charge is -2.21. The summed E-state index contributed by atoms with van der Waals surface area (Å²) in [7, 11) is 0. The average Bonchev–Trinajstić information content (AvgIpc) is 2.42. The fourth-order valence-corrected chi connectivity index (χ4v) is 2.89. The zero-order chi connectivity index (χ0) is 14.3. The molecule has 0 aliphatic rings. The Balaban J connectivity index is 2.58. The van der Waals surface area contributed by atoms with E-state index in [0.717, 1.165) is 33.5 Å². The molecule has 19 heavy (non-hydrogen) atoms. The van der Waals surface area contributed by atoms with Gasteiger partial charge < -0.3 is 4.74 Å². The molecule has 0 heterocycles. The third-order valence-electron chi connectivity index (χ3n) is 3.69. The van der Waals surface area contributed by atoms with E-state index < -0.39 is 0 Å². The summed E-state index contributed by atoms with van der Waals surface area (Å²) < 4.78 is 8.22. The maximum atomic E-state index is 6.14. The molecule has 1 aromatic rings. The molecule has 0 bridgehead atoms. The van der Waals surface area contributed by atoms with Crippen LogP contribution in [0.4, 0.5) is 0 Å². The highest BCUT2D eigenvalue weighted by Gasteiger charge is 2.13. The largest absolute Gasteiger partial charge is 0.489 e. The van der Waals surface area contributed by atoms with Crippen LogP contribution in [0.5, 0.6) is 5.75 Å². The molecule has 0 aliphatic carbocycles. The van der Waals surface area contributed by atoms with Crippen LogP contribution in [-0.4, -0.2) is 6.10 Å². The first-order valence-electron chi connectivity index (χ1n) is 7.22. The van der Waals surface area contributed by atoms with Crippen LogP contribution >= 0.6 is 31.9 Å². The zero-order valence-electron chi connectivity index (χ0n) is 12.1. The lowest BCUT2D eigenvalue weighted by Crippen LogP contribution is -2.17. The summed E-state index contributed by atoms with van der Waals surface area (Å²) in [6, 6.07) is 6.07. The van der Waals surface area contributed by atoms with Crippen molar-refractivity contribution in [3.05, 3.63) is 27.1 Å². The van der Waals surface area contributed by atoms with Crippen LogP contribution in [0.2, 0.25) is 0 Å². The molecule has 1 atom stereocenters. The van der Waals surface area contributed by atoms with E-state index in [-0.39, 0.29) is 0 Å². The van der Waals surface area contributed by atoms with Gasteiger partial charge in [0.1, 0.15) is 5.75 Å². The molecule has 0 fully saturated rings. The monoisotopic (exact) mass is 390 g/mol. The summed E-state index contributed by atoms with van der Waals surface area (Å²) >= 11 is 7.04. The van der Waals surface area contributed by atoms with E-state index >= 15 is 0 Å². The van der Waals surface area contributed by atoms with Gasteiger partial charge in [0.2, 0.25) is 0 Å². The van der Waals surface area contributed by atoms with Crippen molar-refractivity contribution in [1.82, 2.24) is 0 Å². The smallest absolute Gasteiger partial charge is 0.135 e. The SMILES string of the molecule is CCC(CC)CCC(CC)Oc1cc(Br)ccc1Br. The fraction of sp³-hybridized carbons (Fsp3) is 0.625. The third-order valence-corrected chi connectivity index (χ3v) is 4.84. The highest BCUT2D eigenvalue weighted by molar-refractivity contribution is 9.11. The van der Waals surface area contributed by atoms with E-state index in [0.29, 0.717) is 6.10 Å². The minimum Gasteiger partial charge on any atom is -0.489 e. The molecule has 108 valence electrons. The van der Waals surface area contributed by atoms with Gasteiger partial charge in [-0.1, -0.05) is 49.5 Å². The number of hydrogen-bond donors (Lipinski definition) is 0. The average molecular weight is 392 g/mol. The second kappa shape index (κ2) is 9.02. The lowest BCUT2D eigenvalue weighted by molar-refractivity contribution is 0.173.